The first-order valence-corrected chi connectivity index (χ1v) is 10.9. The summed E-state index contributed by atoms with van der Waals surface area (Å²) in [6.45, 7) is 6.92. The minimum atomic E-state index is -0.645. The third-order valence-electron chi connectivity index (χ3n) is 7.76. The number of benzene rings is 1. The Labute approximate surface area is 172 Å². The maximum Gasteiger partial charge on any atom is 0.317 e. The molecule has 1 aromatic rings. The lowest BCUT2D eigenvalue weighted by Gasteiger charge is -2.56. The van der Waals surface area contributed by atoms with Gasteiger partial charge in [-0.25, -0.2) is 0 Å². The first-order valence-electron chi connectivity index (χ1n) is 10.9. The summed E-state index contributed by atoms with van der Waals surface area (Å²) >= 11 is 0. The average molecular weight is 398 g/mol. The zero-order valence-corrected chi connectivity index (χ0v) is 17.8. The molecule has 1 aromatic carbocycles. The molecule has 0 saturated carbocycles. The van der Waals surface area contributed by atoms with Crippen LogP contribution in [0.5, 0.6) is 11.5 Å². The molecule has 156 valence electrons. The second-order valence-electron chi connectivity index (χ2n) is 9.93. The van der Waals surface area contributed by atoms with Crippen molar-refractivity contribution in [1.29, 1.82) is 0 Å². The molecule has 0 unspecified atom stereocenters. The Morgan fingerprint density at radius 2 is 2.17 bits per heavy atom. The van der Waals surface area contributed by atoms with E-state index in [1.54, 1.807) is 0 Å². The highest BCUT2D eigenvalue weighted by Gasteiger charge is 2.64. The van der Waals surface area contributed by atoms with E-state index in [0.717, 1.165) is 32.2 Å². The van der Waals surface area contributed by atoms with Crippen molar-refractivity contribution in [3.63, 3.8) is 0 Å². The minimum Gasteiger partial charge on any atom is -0.482 e. The SMILES string of the molecule is CCCC(C)(C)C(=O)Oc1ccc2c3c1O[C@H]1[C@@H](O)C=C[C@H]4[C@@H](C2)N(C)CC[C@@]341. The summed E-state index contributed by atoms with van der Waals surface area (Å²) in [5.74, 6) is 1.28. The molecular formula is C24H31NO4. The molecule has 2 aliphatic heterocycles. The van der Waals surface area contributed by atoms with Gasteiger partial charge in [-0.05, 0) is 58.3 Å². The van der Waals surface area contributed by atoms with Crippen LogP contribution < -0.4 is 9.47 Å². The van der Waals surface area contributed by atoms with Crippen LogP contribution in [0, 0.1) is 11.3 Å². The van der Waals surface area contributed by atoms with Gasteiger partial charge in [-0.3, -0.25) is 4.79 Å². The zero-order valence-electron chi connectivity index (χ0n) is 17.8. The van der Waals surface area contributed by atoms with E-state index in [1.165, 1.54) is 11.1 Å². The molecule has 2 heterocycles. The molecule has 1 N–H and O–H groups in total. The van der Waals surface area contributed by atoms with Gasteiger partial charge >= 0.3 is 5.97 Å². The van der Waals surface area contributed by atoms with Gasteiger partial charge in [0.05, 0.1) is 5.41 Å². The Balaban J connectivity index is 1.60. The summed E-state index contributed by atoms with van der Waals surface area (Å²) in [7, 11) is 2.19. The molecule has 0 aromatic heterocycles. The Morgan fingerprint density at radius 3 is 2.93 bits per heavy atom. The number of carbonyl (C=O) groups is 1. The number of aliphatic hydroxyl groups excluding tert-OH is 1. The van der Waals surface area contributed by atoms with Crippen molar-refractivity contribution in [2.45, 2.75) is 70.1 Å². The smallest absolute Gasteiger partial charge is 0.317 e. The largest absolute Gasteiger partial charge is 0.482 e. The third-order valence-corrected chi connectivity index (χ3v) is 7.76. The predicted molar refractivity (Wildman–Crippen MR) is 110 cm³/mol. The van der Waals surface area contributed by atoms with Gasteiger partial charge < -0.3 is 19.5 Å². The van der Waals surface area contributed by atoms with Crippen molar-refractivity contribution in [2.75, 3.05) is 13.6 Å². The molecule has 29 heavy (non-hydrogen) atoms. The van der Waals surface area contributed by atoms with Crippen LogP contribution in [0.1, 0.15) is 51.2 Å². The van der Waals surface area contributed by atoms with Crippen LogP contribution in [0.25, 0.3) is 0 Å². The number of ether oxygens (including phenoxy) is 2. The molecule has 5 heteroatoms. The number of likely N-dealkylation sites (tertiary alicyclic amines) is 1. The Hall–Kier alpha value is -1.85. The molecule has 2 bridgehead atoms. The number of nitrogens with zero attached hydrogens (tertiary/aromatic N) is 1. The van der Waals surface area contributed by atoms with E-state index in [2.05, 4.69) is 31.0 Å². The summed E-state index contributed by atoms with van der Waals surface area (Å²) < 4.78 is 12.3. The average Bonchev–Trinajstić information content (AvgIpc) is 3.03. The van der Waals surface area contributed by atoms with Crippen molar-refractivity contribution >= 4 is 5.97 Å². The summed E-state index contributed by atoms with van der Waals surface area (Å²) in [4.78, 5) is 15.3. The van der Waals surface area contributed by atoms with E-state index in [4.69, 9.17) is 9.47 Å². The van der Waals surface area contributed by atoms with Gasteiger partial charge in [-0.15, -0.1) is 0 Å². The number of hydrogen-bond acceptors (Lipinski definition) is 5. The predicted octanol–water partition coefficient (Wildman–Crippen LogP) is 3.22. The molecule has 1 spiro atoms. The van der Waals surface area contributed by atoms with Crippen LogP contribution in [-0.4, -0.2) is 47.8 Å². The minimum absolute atomic E-state index is 0.223. The normalized spacial score (nSPS) is 34.5. The van der Waals surface area contributed by atoms with Crippen molar-refractivity contribution in [1.82, 2.24) is 4.90 Å². The monoisotopic (exact) mass is 397 g/mol. The van der Waals surface area contributed by atoms with Gasteiger partial charge in [0.1, 0.15) is 12.2 Å². The van der Waals surface area contributed by atoms with E-state index in [1.807, 2.05) is 26.0 Å². The zero-order chi connectivity index (χ0) is 20.6. The van der Waals surface area contributed by atoms with Crippen LogP contribution in [0.4, 0.5) is 0 Å². The molecule has 4 aliphatic rings. The number of rotatable bonds is 4. The van der Waals surface area contributed by atoms with Gasteiger partial charge in [-0.1, -0.05) is 31.6 Å². The van der Waals surface area contributed by atoms with Gasteiger partial charge in [0.15, 0.2) is 11.5 Å². The lowest BCUT2D eigenvalue weighted by atomic mass is 9.53. The number of aliphatic hydroxyl groups is 1. The van der Waals surface area contributed by atoms with Crippen LogP contribution in [0.15, 0.2) is 24.3 Å². The topological polar surface area (TPSA) is 59.0 Å². The van der Waals surface area contributed by atoms with E-state index in [0.29, 0.717) is 23.5 Å². The highest BCUT2D eigenvalue weighted by Crippen LogP contribution is 2.62. The molecule has 5 atom stereocenters. The number of hydrogen-bond donors (Lipinski definition) is 1. The Kier molecular flexibility index (Phi) is 4.17. The standard InChI is InChI=1S/C24H31NO4/c1-5-10-23(2,3)22(27)28-18-9-6-14-13-16-15-7-8-17(26)21-24(15,11-12-25(16)4)19(14)20(18)29-21/h6-9,15-17,21,26H,5,10-13H2,1-4H3/t15-,16+,17-,21-,24-/m0/s1. The van der Waals surface area contributed by atoms with Crippen LogP contribution in [0.3, 0.4) is 0 Å². The van der Waals surface area contributed by atoms with E-state index in [-0.39, 0.29) is 17.5 Å². The quantitative estimate of drug-likeness (QED) is 0.480. The fourth-order valence-corrected chi connectivity index (χ4v) is 6.27. The maximum absolute atomic E-state index is 12.9. The van der Waals surface area contributed by atoms with Crippen LogP contribution in [0.2, 0.25) is 0 Å². The Morgan fingerprint density at radius 1 is 1.38 bits per heavy atom. The molecule has 5 nitrogen and oxygen atoms in total. The highest BCUT2D eigenvalue weighted by atomic mass is 16.6. The summed E-state index contributed by atoms with van der Waals surface area (Å²) in [5.41, 5.74) is 1.68. The molecule has 1 fully saturated rings. The lowest BCUT2D eigenvalue weighted by Crippen LogP contribution is -2.64. The second-order valence-corrected chi connectivity index (χ2v) is 9.93. The third kappa shape index (κ3) is 2.50. The second kappa shape index (κ2) is 6.32. The fraction of sp³-hybridized carbons (Fsp3) is 0.625. The maximum atomic E-state index is 12.9. The molecule has 5 rings (SSSR count). The lowest BCUT2D eigenvalue weighted by molar-refractivity contribution is -0.144. The number of piperidine rings is 1. The van der Waals surface area contributed by atoms with Crippen molar-refractivity contribution < 1.29 is 19.4 Å². The fourth-order valence-electron chi connectivity index (χ4n) is 6.27. The molecule has 0 amide bonds. The summed E-state index contributed by atoms with van der Waals surface area (Å²) in [6, 6.07) is 4.40. The number of likely N-dealkylation sites (N-methyl/N-ethyl adjacent to an activating group) is 1. The summed E-state index contributed by atoms with van der Waals surface area (Å²) in [6.07, 6.45) is 6.74. The van der Waals surface area contributed by atoms with Crippen molar-refractivity contribution in [2.24, 2.45) is 11.3 Å². The molecule has 2 aliphatic carbocycles. The van der Waals surface area contributed by atoms with Gasteiger partial charge in [-0.2, -0.15) is 0 Å². The first-order chi connectivity index (χ1) is 13.8. The van der Waals surface area contributed by atoms with E-state index >= 15 is 0 Å². The van der Waals surface area contributed by atoms with E-state index < -0.39 is 11.5 Å². The Bertz CT molecular complexity index is 891. The van der Waals surface area contributed by atoms with Crippen LogP contribution in [-0.2, 0) is 16.6 Å². The highest BCUT2D eigenvalue weighted by molar-refractivity contribution is 5.79. The summed E-state index contributed by atoms with van der Waals surface area (Å²) in [5, 5.41) is 10.8. The first kappa shape index (κ1) is 19.1. The van der Waals surface area contributed by atoms with E-state index in [9.17, 15) is 9.90 Å². The van der Waals surface area contributed by atoms with Crippen molar-refractivity contribution in [3.8, 4) is 11.5 Å². The van der Waals surface area contributed by atoms with Gasteiger partial charge in [0.25, 0.3) is 0 Å². The van der Waals surface area contributed by atoms with Crippen LogP contribution >= 0.6 is 0 Å². The molecular weight excluding hydrogens is 366 g/mol. The number of carbonyl (C=O) groups excluding carboxylic acids is 1. The van der Waals surface area contributed by atoms with Gasteiger partial charge in [0, 0.05) is 22.9 Å². The molecule has 1 saturated heterocycles. The van der Waals surface area contributed by atoms with Gasteiger partial charge in [0.2, 0.25) is 0 Å². The molecule has 0 radical (unpaired) electrons. The number of esters is 1. The van der Waals surface area contributed by atoms with Crippen molar-refractivity contribution in [3.05, 3.63) is 35.4 Å².